The Labute approximate surface area is 75.3 Å². The quantitative estimate of drug-likeness (QED) is 0.451. The Morgan fingerprint density at radius 3 is 2.58 bits per heavy atom. The van der Waals surface area contributed by atoms with Crippen molar-refractivity contribution in [1.82, 2.24) is 10.3 Å². The molecule has 0 aromatic carbocycles. The fourth-order valence-electron chi connectivity index (χ4n) is 1.72. The van der Waals surface area contributed by atoms with Crippen molar-refractivity contribution < 1.29 is 0 Å². The molecule has 1 heterocycles. The van der Waals surface area contributed by atoms with Crippen LogP contribution in [0.3, 0.4) is 0 Å². The Morgan fingerprint density at radius 1 is 1.42 bits per heavy atom. The van der Waals surface area contributed by atoms with E-state index < -0.39 is 0 Å². The Kier molecular flexibility index (Phi) is 3.09. The standard InChI is InChI=1S/C9H21N3/c1-9(2,3)12-6-4-5-8(7-12)11-10/h8,11H,4-7,10H2,1-3H3. The number of hydrogen-bond acceptors (Lipinski definition) is 3. The first kappa shape index (κ1) is 9.96. The third kappa shape index (κ3) is 2.44. The van der Waals surface area contributed by atoms with Crippen molar-refractivity contribution in [3.8, 4) is 0 Å². The highest BCUT2D eigenvalue weighted by atomic mass is 15.3. The van der Waals surface area contributed by atoms with Crippen LogP contribution in [0.5, 0.6) is 0 Å². The van der Waals surface area contributed by atoms with Gasteiger partial charge in [0.25, 0.3) is 0 Å². The predicted octanol–water partition coefficient (Wildman–Crippen LogP) is 0.713. The average Bonchev–Trinajstić information content (AvgIpc) is 2.03. The molecule has 1 saturated heterocycles. The van der Waals surface area contributed by atoms with Crippen LogP contribution < -0.4 is 11.3 Å². The molecule has 0 aromatic rings. The van der Waals surface area contributed by atoms with Crippen molar-refractivity contribution in [3.63, 3.8) is 0 Å². The molecule has 0 amide bonds. The molecular weight excluding hydrogens is 150 g/mol. The molecule has 72 valence electrons. The zero-order chi connectivity index (χ0) is 9.19. The first-order valence-corrected chi connectivity index (χ1v) is 4.75. The van der Waals surface area contributed by atoms with Crippen LogP contribution >= 0.6 is 0 Å². The lowest BCUT2D eigenvalue weighted by Crippen LogP contribution is -2.54. The number of rotatable bonds is 1. The van der Waals surface area contributed by atoms with Crippen LogP contribution in [0.15, 0.2) is 0 Å². The molecule has 1 unspecified atom stereocenters. The zero-order valence-corrected chi connectivity index (χ0v) is 8.43. The number of hydrogen-bond donors (Lipinski definition) is 2. The van der Waals surface area contributed by atoms with E-state index in [0.29, 0.717) is 6.04 Å². The van der Waals surface area contributed by atoms with Crippen molar-refractivity contribution in [1.29, 1.82) is 0 Å². The number of hydrazine groups is 1. The zero-order valence-electron chi connectivity index (χ0n) is 8.43. The molecule has 3 N–H and O–H groups in total. The van der Waals surface area contributed by atoms with Crippen LogP contribution in [0.25, 0.3) is 0 Å². The summed E-state index contributed by atoms with van der Waals surface area (Å²) in [5.41, 5.74) is 3.15. The molecule has 1 fully saturated rings. The SMILES string of the molecule is CC(C)(C)N1CCCC(NN)C1. The fraction of sp³-hybridized carbons (Fsp3) is 1.00. The van der Waals surface area contributed by atoms with Crippen molar-refractivity contribution in [3.05, 3.63) is 0 Å². The van der Waals surface area contributed by atoms with Crippen LogP contribution in [0, 0.1) is 0 Å². The van der Waals surface area contributed by atoms with Crippen molar-refractivity contribution >= 4 is 0 Å². The highest BCUT2D eigenvalue weighted by Crippen LogP contribution is 2.19. The van der Waals surface area contributed by atoms with E-state index >= 15 is 0 Å². The first-order valence-electron chi connectivity index (χ1n) is 4.75. The molecule has 1 aliphatic heterocycles. The van der Waals surface area contributed by atoms with Crippen molar-refractivity contribution in [2.75, 3.05) is 13.1 Å². The summed E-state index contributed by atoms with van der Waals surface area (Å²) in [6, 6.07) is 0.484. The summed E-state index contributed by atoms with van der Waals surface area (Å²) < 4.78 is 0. The van der Waals surface area contributed by atoms with Gasteiger partial charge in [-0.25, -0.2) is 0 Å². The van der Waals surface area contributed by atoms with Gasteiger partial charge in [-0.1, -0.05) is 0 Å². The molecule has 1 rings (SSSR count). The molecule has 12 heavy (non-hydrogen) atoms. The highest BCUT2D eigenvalue weighted by Gasteiger charge is 2.26. The van der Waals surface area contributed by atoms with Crippen LogP contribution in [0.1, 0.15) is 33.6 Å². The Balaban J connectivity index is 2.46. The molecule has 0 aliphatic carbocycles. The maximum atomic E-state index is 5.43. The van der Waals surface area contributed by atoms with Crippen LogP contribution in [0.2, 0.25) is 0 Å². The maximum absolute atomic E-state index is 5.43. The molecule has 3 nitrogen and oxygen atoms in total. The molecule has 0 radical (unpaired) electrons. The minimum absolute atomic E-state index is 0.287. The first-order chi connectivity index (χ1) is 5.54. The third-order valence-electron chi connectivity index (χ3n) is 2.61. The number of nitrogens with two attached hydrogens (primary N) is 1. The molecule has 0 bridgehead atoms. The van der Waals surface area contributed by atoms with Gasteiger partial charge in [0.05, 0.1) is 0 Å². The largest absolute Gasteiger partial charge is 0.297 e. The van der Waals surface area contributed by atoms with Gasteiger partial charge in [0.15, 0.2) is 0 Å². The van der Waals surface area contributed by atoms with E-state index in [1.807, 2.05) is 0 Å². The van der Waals surface area contributed by atoms with Gasteiger partial charge >= 0.3 is 0 Å². The van der Waals surface area contributed by atoms with Gasteiger partial charge in [-0.05, 0) is 40.2 Å². The number of likely N-dealkylation sites (tertiary alicyclic amines) is 1. The Bertz CT molecular complexity index is 139. The highest BCUT2D eigenvalue weighted by molar-refractivity contribution is 4.84. The van der Waals surface area contributed by atoms with Gasteiger partial charge in [-0.3, -0.25) is 16.2 Å². The minimum atomic E-state index is 0.287. The van der Waals surface area contributed by atoms with Gasteiger partial charge in [0.2, 0.25) is 0 Å². The lowest BCUT2D eigenvalue weighted by atomic mass is 9.99. The second-order valence-corrected chi connectivity index (χ2v) is 4.62. The number of nitrogens with zero attached hydrogens (tertiary/aromatic N) is 1. The van der Waals surface area contributed by atoms with Crippen LogP contribution in [-0.2, 0) is 0 Å². The Hall–Kier alpha value is -0.120. The molecular formula is C9H21N3. The summed E-state index contributed by atoms with van der Waals surface area (Å²) in [4.78, 5) is 2.49. The summed E-state index contributed by atoms with van der Waals surface area (Å²) in [6.07, 6.45) is 2.47. The smallest absolute Gasteiger partial charge is 0.0338 e. The fourth-order valence-corrected chi connectivity index (χ4v) is 1.72. The van der Waals surface area contributed by atoms with Gasteiger partial charge < -0.3 is 0 Å². The second-order valence-electron chi connectivity index (χ2n) is 4.62. The van der Waals surface area contributed by atoms with E-state index in [1.54, 1.807) is 0 Å². The monoisotopic (exact) mass is 171 g/mol. The third-order valence-corrected chi connectivity index (χ3v) is 2.61. The van der Waals surface area contributed by atoms with E-state index in [4.69, 9.17) is 5.84 Å². The summed E-state index contributed by atoms with van der Waals surface area (Å²) in [6.45, 7) is 9.06. The van der Waals surface area contributed by atoms with Crippen LogP contribution in [0.4, 0.5) is 0 Å². The lowest BCUT2D eigenvalue weighted by Gasteiger charge is -2.41. The molecule has 0 saturated carbocycles. The van der Waals surface area contributed by atoms with Crippen molar-refractivity contribution in [2.45, 2.75) is 45.2 Å². The van der Waals surface area contributed by atoms with Gasteiger partial charge in [-0.15, -0.1) is 0 Å². The van der Waals surface area contributed by atoms with Gasteiger partial charge in [0, 0.05) is 18.1 Å². The van der Waals surface area contributed by atoms with Gasteiger partial charge in [-0.2, -0.15) is 0 Å². The summed E-state index contributed by atoms with van der Waals surface area (Å²) in [7, 11) is 0. The number of nitrogens with one attached hydrogen (secondary N) is 1. The maximum Gasteiger partial charge on any atom is 0.0338 e. The molecule has 1 atom stereocenters. The van der Waals surface area contributed by atoms with Crippen LogP contribution in [-0.4, -0.2) is 29.6 Å². The van der Waals surface area contributed by atoms with E-state index in [9.17, 15) is 0 Å². The Morgan fingerprint density at radius 2 is 2.08 bits per heavy atom. The van der Waals surface area contributed by atoms with E-state index in [0.717, 1.165) is 6.54 Å². The molecule has 3 heteroatoms. The molecule has 0 spiro atoms. The second kappa shape index (κ2) is 3.73. The minimum Gasteiger partial charge on any atom is -0.297 e. The summed E-state index contributed by atoms with van der Waals surface area (Å²) in [5.74, 6) is 5.43. The van der Waals surface area contributed by atoms with E-state index in [2.05, 4.69) is 31.1 Å². The molecule has 1 aliphatic rings. The summed E-state index contributed by atoms with van der Waals surface area (Å²) >= 11 is 0. The summed E-state index contributed by atoms with van der Waals surface area (Å²) in [5, 5.41) is 0. The topological polar surface area (TPSA) is 41.3 Å². The number of piperidine rings is 1. The normalized spacial score (nSPS) is 27.5. The molecule has 0 aromatic heterocycles. The predicted molar refractivity (Wildman–Crippen MR) is 51.7 cm³/mol. The van der Waals surface area contributed by atoms with E-state index in [-0.39, 0.29) is 5.54 Å². The average molecular weight is 171 g/mol. The van der Waals surface area contributed by atoms with Crippen molar-refractivity contribution in [2.24, 2.45) is 5.84 Å². The van der Waals surface area contributed by atoms with Gasteiger partial charge in [0.1, 0.15) is 0 Å². The lowest BCUT2D eigenvalue weighted by molar-refractivity contribution is 0.0909. The van der Waals surface area contributed by atoms with E-state index in [1.165, 1.54) is 19.4 Å².